The highest BCUT2D eigenvalue weighted by Gasteiger charge is 2.31. The van der Waals surface area contributed by atoms with Gasteiger partial charge in [0.05, 0.1) is 27.1 Å². The van der Waals surface area contributed by atoms with Crippen LogP contribution in [0.4, 0.5) is 17.6 Å². The van der Waals surface area contributed by atoms with Gasteiger partial charge in [0.25, 0.3) is 10.0 Å². The van der Waals surface area contributed by atoms with Crippen molar-refractivity contribution in [1.29, 1.82) is 0 Å². The number of nitrogens with zero attached hydrogens (tertiary/aromatic N) is 1. The van der Waals surface area contributed by atoms with E-state index in [9.17, 15) is 22.0 Å². The quantitative estimate of drug-likeness (QED) is 0.304. The number of carbonyl (C=O) groups is 1. The van der Waals surface area contributed by atoms with Crippen molar-refractivity contribution in [2.45, 2.75) is 44.4 Å². The lowest BCUT2D eigenvalue weighted by atomic mass is 9.87. The van der Waals surface area contributed by atoms with E-state index in [2.05, 4.69) is 0 Å². The first-order valence-corrected chi connectivity index (χ1v) is 12.6. The van der Waals surface area contributed by atoms with E-state index in [0.717, 1.165) is 25.1 Å². The summed E-state index contributed by atoms with van der Waals surface area (Å²) < 4.78 is 88.3. The van der Waals surface area contributed by atoms with Gasteiger partial charge in [-0.15, -0.1) is 0 Å². The predicted molar refractivity (Wildman–Crippen MR) is 130 cm³/mol. The first-order valence-electron chi connectivity index (χ1n) is 11.2. The minimum absolute atomic E-state index is 0.232. The molecule has 4 rings (SSSR count). The van der Waals surface area contributed by atoms with Gasteiger partial charge in [-0.25, -0.2) is 34.7 Å². The van der Waals surface area contributed by atoms with Gasteiger partial charge < -0.3 is 5.11 Å². The summed E-state index contributed by atoms with van der Waals surface area (Å²) in [5, 5.41) is 8.34. The molecule has 194 valence electrons. The van der Waals surface area contributed by atoms with Crippen LogP contribution in [0, 0.1) is 30.2 Å². The second-order valence-electron chi connectivity index (χ2n) is 9.79. The SMILES string of the molecule is Cc1c(F)cc2c(c1F)c(F)c(Cc1ccc(C(=O)O)cc1F)n2S(=O)(=O)c1cccc(C(C)(C)C)c1. The van der Waals surface area contributed by atoms with Crippen LogP contribution < -0.4 is 0 Å². The third-order valence-corrected chi connectivity index (χ3v) is 8.01. The number of rotatable bonds is 5. The number of carboxylic acid groups (broad SMARTS) is 1. The predicted octanol–water partition coefficient (Wildman–Crippen LogP) is 6.33. The van der Waals surface area contributed by atoms with Gasteiger partial charge in [0.1, 0.15) is 17.5 Å². The molecule has 0 aliphatic rings. The molecule has 0 aliphatic carbocycles. The molecule has 5 nitrogen and oxygen atoms in total. The van der Waals surface area contributed by atoms with Gasteiger partial charge in [-0.1, -0.05) is 39.0 Å². The van der Waals surface area contributed by atoms with E-state index in [1.165, 1.54) is 18.2 Å². The number of aromatic nitrogens is 1. The monoisotopic (exact) mass is 533 g/mol. The molecule has 0 aliphatic heterocycles. The Labute approximate surface area is 211 Å². The van der Waals surface area contributed by atoms with E-state index >= 15 is 8.78 Å². The van der Waals surface area contributed by atoms with Crippen LogP contribution in [0.1, 0.15) is 53.5 Å². The second kappa shape index (κ2) is 9.02. The van der Waals surface area contributed by atoms with Crippen LogP contribution in [0.5, 0.6) is 0 Å². The average Bonchev–Trinajstić information content (AvgIpc) is 3.09. The van der Waals surface area contributed by atoms with E-state index in [0.29, 0.717) is 15.6 Å². The van der Waals surface area contributed by atoms with Crippen molar-refractivity contribution in [2.75, 3.05) is 0 Å². The lowest BCUT2D eigenvalue weighted by Crippen LogP contribution is -2.18. The van der Waals surface area contributed by atoms with Crippen LogP contribution in [0.2, 0.25) is 0 Å². The molecule has 37 heavy (non-hydrogen) atoms. The van der Waals surface area contributed by atoms with Crippen molar-refractivity contribution in [3.63, 3.8) is 0 Å². The number of hydrogen-bond donors (Lipinski definition) is 1. The number of hydrogen-bond acceptors (Lipinski definition) is 3. The third-order valence-electron chi connectivity index (χ3n) is 6.26. The van der Waals surface area contributed by atoms with Crippen molar-refractivity contribution in [3.05, 3.63) is 99.7 Å². The Bertz CT molecular complexity index is 1690. The third kappa shape index (κ3) is 4.50. The number of halogens is 4. The lowest BCUT2D eigenvalue weighted by Gasteiger charge is -2.20. The Hall–Kier alpha value is -3.66. The molecule has 0 amide bonds. The van der Waals surface area contributed by atoms with Crippen molar-refractivity contribution in [2.24, 2.45) is 0 Å². The van der Waals surface area contributed by atoms with E-state index in [1.54, 1.807) is 6.07 Å². The minimum atomic E-state index is -4.63. The maximum absolute atomic E-state index is 15.7. The van der Waals surface area contributed by atoms with Crippen LogP contribution in [-0.4, -0.2) is 23.5 Å². The molecule has 1 N–H and O–H groups in total. The van der Waals surface area contributed by atoms with E-state index in [4.69, 9.17) is 5.11 Å². The number of fused-ring (bicyclic) bond motifs is 1. The van der Waals surface area contributed by atoms with Gasteiger partial charge in [-0.3, -0.25) is 0 Å². The summed E-state index contributed by atoms with van der Waals surface area (Å²) in [5.41, 5.74) is -2.08. The van der Waals surface area contributed by atoms with Crippen molar-refractivity contribution in [1.82, 2.24) is 3.97 Å². The Balaban J connectivity index is 2.04. The fraction of sp³-hybridized carbons (Fsp3) is 0.222. The Morgan fingerprint density at radius 3 is 2.22 bits per heavy atom. The van der Waals surface area contributed by atoms with Gasteiger partial charge in [-0.05, 0) is 53.8 Å². The molecular formula is C27H23F4NO4S. The summed E-state index contributed by atoms with van der Waals surface area (Å²) in [4.78, 5) is 10.9. The Kier molecular flexibility index (Phi) is 6.44. The normalized spacial score (nSPS) is 12.3. The molecule has 3 aromatic carbocycles. The fourth-order valence-electron chi connectivity index (χ4n) is 4.11. The Morgan fingerprint density at radius 1 is 0.946 bits per heavy atom. The maximum Gasteiger partial charge on any atom is 0.335 e. The molecule has 1 heterocycles. The highest BCUT2D eigenvalue weighted by molar-refractivity contribution is 7.90. The van der Waals surface area contributed by atoms with E-state index in [-0.39, 0.29) is 16.0 Å². The average molecular weight is 534 g/mol. The van der Waals surface area contributed by atoms with Gasteiger partial charge >= 0.3 is 5.97 Å². The minimum Gasteiger partial charge on any atom is -0.478 e. The molecule has 0 radical (unpaired) electrons. The molecule has 0 unspecified atom stereocenters. The lowest BCUT2D eigenvalue weighted by molar-refractivity contribution is 0.0696. The molecule has 0 saturated heterocycles. The second-order valence-corrected chi connectivity index (χ2v) is 11.6. The molecule has 0 saturated carbocycles. The van der Waals surface area contributed by atoms with Crippen LogP contribution in [-0.2, 0) is 21.9 Å². The maximum atomic E-state index is 15.7. The molecular weight excluding hydrogens is 510 g/mol. The highest BCUT2D eigenvalue weighted by Crippen LogP contribution is 2.35. The summed E-state index contributed by atoms with van der Waals surface area (Å²) in [6.07, 6.45) is -0.676. The number of benzene rings is 3. The fourth-order valence-corrected chi connectivity index (χ4v) is 5.68. The van der Waals surface area contributed by atoms with Gasteiger partial charge in [-0.2, -0.15) is 0 Å². The Morgan fingerprint density at radius 2 is 1.62 bits per heavy atom. The summed E-state index contributed by atoms with van der Waals surface area (Å²) in [6.45, 7) is 6.69. The van der Waals surface area contributed by atoms with Gasteiger partial charge in [0.15, 0.2) is 5.82 Å². The van der Waals surface area contributed by atoms with Crippen LogP contribution in [0.15, 0.2) is 53.4 Å². The molecule has 0 fully saturated rings. The summed E-state index contributed by atoms with van der Waals surface area (Å²) in [7, 11) is -4.63. The molecule has 0 spiro atoms. The molecule has 0 bridgehead atoms. The van der Waals surface area contributed by atoms with Gasteiger partial charge in [0.2, 0.25) is 0 Å². The van der Waals surface area contributed by atoms with Crippen LogP contribution >= 0.6 is 0 Å². The van der Waals surface area contributed by atoms with Crippen molar-refractivity contribution >= 4 is 26.9 Å². The van der Waals surface area contributed by atoms with Crippen molar-refractivity contribution < 1.29 is 35.9 Å². The van der Waals surface area contributed by atoms with Crippen LogP contribution in [0.3, 0.4) is 0 Å². The van der Waals surface area contributed by atoms with Crippen LogP contribution in [0.25, 0.3) is 10.9 Å². The van der Waals surface area contributed by atoms with Crippen molar-refractivity contribution in [3.8, 4) is 0 Å². The zero-order valence-corrected chi connectivity index (χ0v) is 21.2. The summed E-state index contributed by atoms with van der Waals surface area (Å²) in [5.74, 6) is -6.04. The summed E-state index contributed by atoms with van der Waals surface area (Å²) >= 11 is 0. The van der Waals surface area contributed by atoms with E-state index < -0.39 is 73.3 Å². The smallest absolute Gasteiger partial charge is 0.335 e. The number of aromatic carboxylic acids is 1. The largest absolute Gasteiger partial charge is 0.478 e. The molecule has 0 atom stereocenters. The number of carboxylic acids is 1. The molecule has 4 aromatic rings. The highest BCUT2D eigenvalue weighted by atomic mass is 32.2. The first kappa shape index (κ1) is 26.4. The first-order chi connectivity index (χ1) is 17.1. The van der Waals surface area contributed by atoms with E-state index in [1.807, 2.05) is 20.8 Å². The zero-order chi connectivity index (χ0) is 27.4. The topological polar surface area (TPSA) is 76.4 Å². The van der Waals surface area contributed by atoms with Gasteiger partial charge in [0, 0.05) is 12.0 Å². The molecule has 1 aromatic heterocycles. The zero-order valence-electron chi connectivity index (χ0n) is 20.4. The molecule has 10 heteroatoms. The standard InChI is InChI=1S/C27H23F4NO4S/c1-14-19(28)13-21-23(24(14)30)25(31)22(11-15-8-9-16(26(33)34)10-20(15)29)32(21)37(35,36)18-7-5-6-17(12-18)27(2,3)4/h5-10,12-13H,11H2,1-4H3,(H,33,34). The summed E-state index contributed by atoms with van der Waals surface area (Å²) in [6, 6.07) is 9.50.